The van der Waals surface area contributed by atoms with Gasteiger partial charge in [-0.15, -0.1) is 0 Å². The summed E-state index contributed by atoms with van der Waals surface area (Å²) in [7, 11) is 0. The lowest BCUT2D eigenvalue weighted by atomic mass is 10.2. The Morgan fingerprint density at radius 2 is 1.80 bits per heavy atom. The summed E-state index contributed by atoms with van der Waals surface area (Å²) in [6.45, 7) is 1.46. The first kappa shape index (κ1) is 16.4. The van der Waals surface area contributed by atoms with Crippen LogP contribution in [0.4, 0.5) is 24.9 Å². The van der Waals surface area contributed by atoms with E-state index in [9.17, 15) is 23.1 Å². The number of carboxylic acid groups (broad SMARTS) is 1. The van der Waals surface area contributed by atoms with Crippen molar-refractivity contribution < 1.29 is 28.2 Å². The van der Waals surface area contributed by atoms with Crippen LogP contribution in [0.15, 0.2) is 6.07 Å². The second kappa shape index (κ2) is 5.45. The second-order valence-corrected chi connectivity index (χ2v) is 6.96. The molecule has 2 unspecified atom stereocenters. The Balaban J connectivity index is 1.54. The van der Waals surface area contributed by atoms with E-state index in [2.05, 4.69) is 9.97 Å². The molecule has 1 aromatic rings. The fourth-order valence-corrected chi connectivity index (χ4v) is 3.83. The van der Waals surface area contributed by atoms with Crippen LogP contribution in [-0.4, -0.2) is 58.4 Å². The van der Waals surface area contributed by atoms with Gasteiger partial charge in [-0.25, -0.2) is 4.98 Å². The van der Waals surface area contributed by atoms with Crippen LogP contribution in [0.5, 0.6) is 0 Å². The predicted octanol–water partition coefficient (Wildman–Crippen LogP) is 0.833. The number of aromatic nitrogens is 2. The number of anilines is 2. The van der Waals surface area contributed by atoms with E-state index < -0.39 is 23.9 Å². The summed E-state index contributed by atoms with van der Waals surface area (Å²) in [6.07, 6.45) is -5.04. The van der Waals surface area contributed by atoms with E-state index in [1.807, 2.05) is 0 Å². The number of piperidine rings is 1. The van der Waals surface area contributed by atoms with Gasteiger partial charge in [0.05, 0.1) is 6.10 Å². The quantitative estimate of drug-likeness (QED) is 0.824. The topological polar surface area (TPSA) is 89.8 Å². The number of aliphatic carboxylic acids is 1. The van der Waals surface area contributed by atoms with E-state index in [1.54, 1.807) is 4.90 Å². The van der Waals surface area contributed by atoms with Crippen LogP contribution >= 0.6 is 0 Å². The second-order valence-electron chi connectivity index (χ2n) is 6.96. The summed E-state index contributed by atoms with van der Waals surface area (Å²) in [5, 5.41) is 18.2. The van der Waals surface area contributed by atoms with Crippen LogP contribution in [0.3, 0.4) is 0 Å². The van der Waals surface area contributed by atoms with Gasteiger partial charge in [0.15, 0.2) is 5.69 Å². The zero-order chi connectivity index (χ0) is 17.9. The molecule has 0 spiro atoms. The molecular weight excluding hydrogens is 341 g/mol. The number of halogens is 3. The number of hydrogen-bond acceptors (Lipinski definition) is 6. The third kappa shape index (κ3) is 2.99. The van der Waals surface area contributed by atoms with Crippen LogP contribution in [0, 0.1) is 17.8 Å². The highest BCUT2D eigenvalue weighted by atomic mass is 19.4. The van der Waals surface area contributed by atoms with Crippen LogP contribution < -0.4 is 9.80 Å². The molecule has 4 rings (SSSR count). The number of aliphatic hydroxyl groups is 1. The van der Waals surface area contributed by atoms with Crippen molar-refractivity contribution in [2.24, 2.45) is 17.8 Å². The van der Waals surface area contributed by atoms with Crippen molar-refractivity contribution in [2.75, 3.05) is 36.0 Å². The first-order chi connectivity index (χ1) is 11.7. The maximum absolute atomic E-state index is 13.1. The van der Waals surface area contributed by atoms with Crippen molar-refractivity contribution in [3.05, 3.63) is 11.8 Å². The number of alkyl halides is 3. The van der Waals surface area contributed by atoms with E-state index in [0.29, 0.717) is 13.1 Å². The average Bonchev–Trinajstić information content (AvgIpc) is 2.94. The van der Waals surface area contributed by atoms with E-state index in [4.69, 9.17) is 5.11 Å². The van der Waals surface area contributed by atoms with Gasteiger partial charge < -0.3 is 20.0 Å². The minimum atomic E-state index is -4.58. The lowest BCUT2D eigenvalue weighted by molar-refractivity contribution is -0.141. The van der Waals surface area contributed by atoms with Gasteiger partial charge in [0.1, 0.15) is 5.82 Å². The smallest absolute Gasteiger partial charge is 0.433 e. The zero-order valence-electron chi connectivity index (χ0n) is 13.1. The Labute approximate surface area is 141 Å². The van der Waals surface area contributed by atoms with Crippen molar-refractivity contribution in [3.63, 3.8) is 0 Å². The van der Waals surface area contributed by atoms with Crippen LogP contribution in [-0.2, 0) is 11.0 Å². The first-order valence-electron chi connectivity index (χ1n) is 8.08. The molecular formula is C15H17F3N4O3. The molecule has 0 amide bonds. The molecule has 1 saturated carbocycles. The van der Waals surface area contributed by atoms with Gasteiger partial charge in [-0.3, -0.25) is 4.79 Å². The summed E-state index contributed by atoms with van der Waals surface area (Å²) in [5.74, 6) is -0.143. The molecule has 3 aliphatic rings. The van der Waals surface area contributed by atoms with Crippen LogP contribution in [0.1, 0.15) is 12.1 Å². The largest absolute Gasteiger partial charge is 0.481 e. The number of carbonyl (C=O) groups is 1. The summed E-state index contributed by atoms with van der Waals surface area (Å²) in [5.41, 5.74) is -1.00. The van der Waals surface area contributed by atoms with Crippen molar-refractivity contribution >= 4 is 17.7 Å². The Morgan fingerprint density at radius 3 is 2.32 bits per heavy atom. The molecule has 136 valence electrons. The summed E-state index contributed by atoms with van der Waals surface area (Å²) >= 11 is 0. The Hall–Kier alpha value is -2.10. The number of hydrogen-bond donors (Lipinski definition) is 2. The van der Waals surface area contributed by atoms with Gasteiger partial charge in [0.25, 0.3) is 0 Å². The standard InChI is InChI=1S/C15H17F3N4O3/c16-15(17,18)11-2-12(20-14(19-11)22-3-7(23)4-22)21-5-9-8(1-13(24)25)10(9)6-21/h2,7-10,23H,1,3-6H2,(H,24,25)/t8?,9-,10?/m0/s1. The molecule has 7 nitrogen and oxygen atoms in total. The SMILES string of the molecule is O=C(O)CC1C2CN(c3cc(C(F)(F)F)nc(N4CC(O)C4)n3)C[C@@H]12. The highest BCUT2D eigenvalue weighted by Crippen LogP contribution is 2.54. The highest BCUT2D eigenvalue weighted by Gasteiger charge is 2.56. The molecule has 10 heteroatoms. The number of carboxylic acids is 1. The van der Waals surface area contributed by atoms with E-state index in [0.717, 1.165) is 6.07 Å². The fraction of sp³-hybridized carbons (Fsp3) is 0.667. The first-order valence-corrected chi connectivity index (χ1v) is 8.08. The van der Waals surface area contributed by atoms with Crippen molar-refractivity contribution in [1.82, 2.24) is 9.97 Å². The average molecular weight is 358 g/mol. The number of fused-ring (bicyclic) bond motifs is 1. The fourth-order valence-electron chi connectivity index (χ4n) is 3.83. The monoisotopic (exact) mass is 358 g/mol. The Morgan fingerprint density at radius 1 is 1.16 bits per heavy atom. The van der Waals surface area contributed by atoms with Gasteiger partial charge in [-0.1, -0.05) is 0 Å². The maximum atomic E-state index is 13.1. The molecule has 2 saturated heterocycles. The summed E-state index contributed by atoms with van der Waals surface area (Å²) in [6, 6.07) is 0.941. The molecule has 1 aliphatic carbocycles. The molecule has 0 radical (unpaired) electrons. The molecule has 0 bridgehead atoms. The molecule has 2 N–H and O–H groups in total. The lowest BCUT2D eigenvalue weighted by Crippen LogP contribution is -2.51. The highest BCUT2D eigenvalue weighted by molar-refractivity contribution is 5.68. The number of rotatable bonds is 4. The molecule has 3 atom stereocenters. The molecule has 1 aromatic heterocycles. The molecule has 3 fully saturated rings. The minimum absolute atomic E-state index is 0.0298. The van der Waals surface area contributed by atoms with Crippen LogP contribution in [0.2, 0.25) is 0 Å². The van der Waals surface area contributed by atoms with E-state index in [-0.39, 0.29) is 49.0 Å². The molecule has 25 heavy (non-hydrogen) atoms. The third-order valence-corrected chi connectivity index (χ3v) is 5.24. The summed E-state index contributed by atoms with van der Waals surface area (Å²) in [4.78, 5) is 21.9. The predicted molar refractivity (Wildman–Crippen MR) is 80.2 cm³/mol. The van der Waals surface area contributed by atoms with Crippen molar-refractivity contribution in [3.8, 4) is 0 Å². The lowest BCUT2D eigenvalue weighted by Gasteiger charge is -2.36. The van der Waals surface area contributed by atoms with Crippen molar-refractivity contribution in [2.45, 2.75) is 18.7 Å². The van der Waals surface area contributed by atoms with Gasteiger partial charge in [0.2, 0.25) is 5.95 Å². The van der Waals surface area contributed by atoms with Gasteiger partial charge in [-0.05, 0) is 17.8 Å². The van der Waals surface area contributed by atoms with E-state index in [1.165, 1.54) is 4.90 Å². The molecule has 0 aromatic carbocycles. The number of β-amino-alcohol motifs (C(OH)–C–C–N with tert-alkyl or cyclic N) is 1. The Kier molecular flexibility index (Phi) is 3.57. The number of aliphatic hydroxyl groups excluding tert-OH is 1. The third-order valence-electron chi connectivity index (χ3n) is 5.24. The Bertz CT molecular complexity index is 696. The van der Waals surface area contributed by atoms with Gasteiger partial charge >= 0.3 is 12.1 Å². The minimum Gasteiger partial charge on any atom is -0.481 e. The van der Waals surface area contributed by atoms with Crippen molar-refractivity contribution in [1.29, 1.82) is 0 Å². The van der Waals surface area contributed by atoms with E-state index >= 15 is 0 Å². The summed E-state index contributed by atoms with van der Waals surface area (Å²) < 4.78 is 39.4. The maximum Gasteiger partial charge on any atom is 0.433 e. The zero-order valence-corrected chi connectivity index (χ0v) is 13.1. The van der Waals surface area contributed by atoms with Crippen LogP contribution in [0.25, 0.3) is 0 Å². The number of nitrogens with zero attached hydrogens (tertiary/aromatic N) is 4. The molecule has 3 heterocycles. The van der Waals surface area contributed by atoms with Gasteiger partial charge in [-0.2, -0.15) is 18.2 Å². The molecule has 2 aliphatic heterocycles. The normalized spacial score (nSPS) is 28.7. The van der Waals surface area contributed by atoms with Gasteiger partial charge in [0, 0.05) is 38.7 Å².